The molecular formula is C22H27N5O2. The Bertz CT molecular complexity index is 952. The smallest absolute Gasteiger partial charge is 0.228 e. The van der Waals surface area contributed by atoms with Gasteiger partial charge in [0.1, 0.15) is 5.82 Å². The van der Waals surface area contributed by atoms with Crippen LogP contribution in [0.3, 0.4) is 0 Å². The molecule has 1 atom stereocenters. The zero-order chi connectivity index (χ0) is 20.1. The third kappa shape index (κ3) is 3.43. The molecule has 1 aliphatic carbocycles. The van der Waals surface area contributed by atoms with E-state index < -0.39 is 0 Å². The van der Waals surface area contributed by atoms with E-state index in [-0.39, 0.29) is 24.2 Å². The van der Waals surface area contributed by atoms with Crippen molar-refractivity contribution >= 4 is 17.5 Å². The third-order valence-electron chi connectivity index (χ3n) is 6.48. The molecule has 2 fully saturated rings. The summed E-state index contributed by atoms with van der Waals surface area (Å²) in [6, 6.07) is 6.04. The minimum Gasteiger partial charge on any atom is -0.340 e. The van der Waals surface area contributed by atoms with Crippen molar-refractivity contribution < 1.29 is 9.59 Å². The summed E-state index contributed by atoms with van der Waals surface area (Å²) in [7, 11) is 0. The highest BCUT2D eigenvalue weighted by Crippen LogP contribution is 2.38. The SMILES string of the molecule is Cc1ccc(N2CC(C(=O)N3CCc4nc(C5CC5)nn4CC3)CC2=O)cc1C. The predicted octanol–water partition coefficient (Wildman–Crippen LogP) is 2.21. The molecule has 3 aliphatic rings. The minimum absolute atomic E-state index is 0.0325. The lowest BCUT2D eigenvalue weighted by Crippen LogP contribution is -2.39. The number of rotatable bonds is 3. The lowest BCUT2D eigenvalue weighted by atomic mass is 10.1. The molecule has 3 heterocycles. The monoisotopic (exact) mass is 393 g/mol. The first kappa shape index (κ1) is 18.3. The number of amides is 2. The number of hydrogen-bond acceptors (Lipinski definition) is 4. The molecule has 1 saturated carbocycles. The Morgan fingerprint density at radius 1 is 1.10 bits per heavy atom. The highest BCUT2D eigenvalue weighted by atomic mass is 16.2. The van der Waals surface area contributed by atoms with E-state index in [0.717, 1.165) is 29.3 Å². The standard InChI is InChI=1S/C22H27N5O2/c1-14-3-6-18(11-15(14)2)26-13-17(12-20(26)28)22(29)25-8-7-19-23-21(16-4-5-16)24-27(19)10-9-25/h3,6,11,16-17H,4-5,7-10,12-13H2,1-2H3. The molecule has 1 unspecified atom stereocenters. The van der Waals surface area contributed by atoms with Crippen LogP contribution in [0.1, 0.15) is 48.0 Å². The van der Waals surface area contributed by atoms with Gasteiger partial charge in [0.25, 0.3) is 0 Å². The average Bonchev–Trinajstić information content (AvgIpc) is 3.42. The zero-order valence-corrected chi connectivity index (χ0v) is 17.1. The quantitative estimate of drug-likeness (QED) is 0.802. The largest absolute Gasteiger partial charge is 0.340 e. The van der Waals surface area contributed by atoms with Gasteiger partial charge in [0, 0.05) is 44.1 Å². The summed E-state index contributed by atoms with van der Waals surface area (Å²) in [5.41, 5.74) is 3.25. The maximum absolute atomic E-state index is 13.2. The normalized spacial score (nSPS) is 22.0. The number of aryl methyl sites for hydroxylation is 2. The van der Waals surface area contributed by atoms with Crippen molar-refractivity contribution in [3.63, 3.8) is 0 Å². The molecule has 0 bridgehead atoms. The Kier molecular flexibility index (Phi) is 4.41. The van der Waals surface area contributed by atoms with Gasteiger partial charge in [-0.05, 0) is 49.9 Å². The number of fused-ring (bicyclic) bond motifs is 1. The van der Waals surface area contributed by atoms with Crippen LogP contribution in [-0.4, -0.2) is 51.1 Å². The Morgan fingerprint density at radius 3 is 2.69 bits per heavy atom. The second kappa shape index (κ2) is 6.97. The Hall–Kier alpha value is -2.70. The Morgan fingerprint density at radius 2 is 1.93 bits per heavy atom. The third-order valence-corrected chi connectivity index (χ3v) is 6.48. The maximum Gasteiger partial charge on any atom is 0.228 e. The van der Waals surface area contributed by atoms with E-state index in [1.54, 1.807) is 4.90 Å². The summed E-state index contributed by atoms with van der Waals surface area (Å²) in [4.78, 5) is 34.1. The van der Waals surface area contributed by atoms with Crippen LogP contribution in [0.15, 0.2) is 18.2 Å². The van der Waals surface area contributed by atoms with Gasteiger partial charge in [0.15, 0.2) is 5.82 Å². The van der Waals surface area contributed by atoms with Gasteiger partial charge in [-0.1, -0.05) is 6.07 Å². The number of carbonyl (C=O) groups excluding carboxylic acids is 2. The van der Waals surface area contributed by atoms with Crippen LogP contribution in [0.2, 0.25) is 0 Å². The Balaban J connectivity index is 1.25. The van der Waals surface area contributed by atoms with Crippen LogP contribution in [0, 0.1) is 19.8 Å². The first-order valence-corrected chi connectivity index (χ1v) is 10.6. The van der Waals surface area contributed by atoms with Crippen molar-refractivity contribution in [2.45, 2.75) is 52.0 Å². The van der Waals surface area contributed by atoms with Crippen LogP contribution in [0.5, 0.6) is 0 Å². The molecule has 2 amide bonds. The first-order chi connectivity index (χ1) is 14.0. The summed E-state index contributed by atoms with van der Waals surface area (Å²) in [5, 5.41) is 4.65. The van der Waals surface area contributed by atoms with Gasteiger partial charge in [-0.15, -0.1) is 0 Å². The lowest BCUT2D eigenvalue weighted by Gasteiger charge is -2.24. The van der Waals surface area contributed by atoms with E-state index in [2.05, 4.69) is 12.0 Å². The molecule has 1 aromatic carbocycles. The fourth-order valence-electron chi connectivity index (χ4n) is 4.33. The molecule has 29 heavy (non-hydrogen) atoms. The summed E-state index contributed by atoms with van der Waals surface area (Å²) >= 11 is 0. The molecule has 2 aromatic rings. The van der Waals surface area contributed by atoms with E-state index in [9.17, 15) is 9.59 Å². The molecule has 1 aromatic heterocycles. The summed E-state index contributed by atoms with van der Waals surface area (Å²) in [6.45, 7) is 6.53. The maximum atomic E-state index is 13.2. The number of hydrogen-bond donors (Lipinski definition) is 0. The van der Waals surface area contributed by atoms with Crippen LogP contribution in [0.4, 0.5) is 5.69 Å². The van der Waals surface area contributed by atoms with Gasteiger partial charge >= 0.3 is 0 Å². The molecule has 0 radical (unpaired) electrons. The molecule has 2 aliphatic heterocycles. The lowest BCUT2D eigenvalue weighted by molar-refractivity contribution is -0.135. The average molecular weight is 393 g/mol. The summed E-state index contributed by atoms with van der Waals surface area (Å²) < 4.78 is 1.97. The van der Waals surface area contributed by atoms with Crippen molar-refractivity contribution in [1.82, 2.24) is 19.7 Å². The van der Waals surface area contributed by atoms with E-state index >= 15 is 0 Å². The molecule has 1 saturated heterocycles. The molecule has 152 valence electrons. The molecule has 0 spiro atoms. The van der Waals surface area contributed by atoms with Crippen molar-refractivity contribution in [2.24, 2.45) is 5.92 Å². The van der Waals surface area contributed by atoms with Gasteiger partial charge < -0.3 is 9.80 Å². The summed E-state index contributed by atoms with van der Waals surface area (Å²) in [5.74, 6) is 2.35. The second-order valence-corrected chi connectivity index (χ2v) is 8.63. The molecule has 7 heteroatoms. The first-order valence-electron chi connectivity index (χ1n) is 10.6. The van der Waals surface area contributed by atoms with Crippen molar-refractivity contribution in [2.75, 3.05) is 24.5 Å². The minimum atomic E-state index is -0.274. The number of aromatic nitrogens is 3. The van der Waals surface area contributed by atoms with Gasteiger partial charge in [-0.25, -0.2) is 9.67 Å². The second-order valence-electron chi connectivity index (χ2n) is 8.63. The summed E-state index contributed by atoms with van der Waals surface area (Å²) in [6.07, 6.45) is 3.41. The number of anilines is 1. The van der Waals surface area contributed by atoms with Gasteiger partial charge in [-0.3, -0.25) is 9.59 Å². The Labute approximate surface area is 170 Å². The van der Waals surface area contributed by atoms with Crippen molar-refractivity contribution in [3.8, 4) is 0 Å². The number of nitrogens with zero attached hydrogens (tertiary/aromatic N) is 5. The molecule has 7 nitrogen and oxygen atoms in total. The predicted molar refractivity (Wildman–Crippen MR) is 109 cm³/mol. The highest BCUT2D eigenvalue weighted by Gasteiger charge is 2.38. The fourth-order valence-corrected chi connectivity index (χ4v) is 4.33. The fraction of sp³-hybridized carbons (Fsp3) is 0.545. The van der Waals surface area contributed by atoms with E-state index in [1.165, 1.54) is 18.4 Å². The van der Waals surface area contributed by atoms with Gasteiger partial charge in [0.05, 0.1) is 12.5 Å². The van der Waals surface area contributed by atoms with Gasteiger partial charge in [-0.2, -0.15) is 5.10 Å². The van der Waals surface area contributed by atoms with Crippen molar-refractivity contribution in [1.29, 1.82) is 0 Å². The number of benzene rings is 1. The van der Waals surface area contributed by atoms with Crippen LogP contribution in [-0.2, 0) is 22.6 Å². The molecule has 5 rings (SSSR count). The van der Waals surface area contributed by atoms with Crippen molar-refractivity contribution in [3.05, 3.63) is 41.0 Å². The topological polar surface area (TPSA) is 71.3 Å². The van der Waals surface area contributed by atoms with Crippen LogP contribution < -0.4 is 4.90 Å². The van der Waals surface area contributed by atoms with Crippen LogP contribution >= 0.6 is 0 Å². The van der Waals surface area contributed by atoms with E-state index in [4.69, 9.17) is 4.98 Å². The van der Waals surface area contributed by atoms with E-state index in [1.807, 2.05) is 34.7 Å². The van der Waals surface area contributed by atoms with Crippen LogP contribution in [0.25, 0.3) is 0 Å². The van der Waals surface area contributed by atoms with E-state index in [0.29, 0.717) is 32.1 Å². The molecule has 0 N–H and O–H groups in total. The number of carbonyl (C=O) groups is 2. The molecular weight excluding hydrogens is 366 g/mol. The highest BCUT2D eigenvalue weighted by molar-refractivity contribution is 6.00. The zero-order valence-electron chi connectivity index (χ0n) is 17.1. The van der Waals surface area contributed by atoms with Gasteiger partial charge in [0.2, 0.25) is 11.8 Å².